The minimum atomic E-state index is -0.182. The van der Waals surface area contributed by atoms with Gasteiger partial charge in [-0.15, -0.1) is 0 Å². The molecular formula is C11H11NO4. The summed E-state index contributed by atoms with van der Waals surface area (Å²) in [5.74, 6) is 1.10. The number of para-hydroxylation sites is 2. The fourth-order valence-electron chi connectivity index (χ4n) is 1.21. The summed E-state index contributed by atoms with van der Waals surface area (Å²) in [6.07, 6.45) is 1.42. The molecule has 1 aromatic heterocycles. The van der Waals surface area contributed by atoms with E-state index in [2.05, 4.69) is 4.98 Å². The van der Waals surface area contributed by atoms with Gasteiger partial charge in [0.25, 0.3) is 0 Å². The third-order valence-electron chi connectivity index (χ3n) is 1.96. The van der Waals surface area contributed by atoms with Crippen LogP contribution in [0.3, 0.4) is 0 Å². The molecule has 5 heteroatoms. The predicted octanol–water partition coefficient (Wildman–Crippen LogP) is 1.97. The van der Waals surface area contributed by atoms with Crippen molar-refractivity contribution in [2.75, 3.05) is 7.11 Å². The van der Waals surface area contributed by atoms with Gasteiger partial charge < -0.3 is 19.0 Å². The van der Waals surface area contributed by atoms with Crippen molar-refractivity contribution in [3.63, 3.8) is 0 Å². The highest BCUT2D eigenvalue weighted by Gasteiger charge is 2.09. The Labute approximate surface area is 92.3 Å². The van der Waals surface area contributed by atoms with Crippen molar-refractivity contribution in [2.24, 2.45) is 0 Å². The zero-order valence-corrected chi connectivity index (χ0v) is 8.71. The van der Waals surface area contributed by atoms with E-state index < -0.39 is 0 Å². The molecule has 16 heavy (non-hydrogen) atoms. The van der Waals surface area contributed by atoms with Crippen LogP contribution < -0.4 is 9.47 Å². The molecule has 0 saturated heterocycles. The lowest BCUT2D eigenvalue weighted by Gasteiger charge is -2.05. The summed E-state index contributed by atoms with van der Waals surface area (Å²) >= 11 is 0. The third kappa shape index (κ3) is 2.14. The van der Waals surface area contributed by atoms with Crippen LogP contribution in [0, 0.1) is 0 Å². The van der Waals surface area contributed by atoms with Crippen molar-refractivity contribution in [1.82, 2.24) is 4.98 Å². The van der Waals surface area contributed by atoms with Crippen molar-refractivity contribution >= 4 is 0 Å². The Morgan fingerprint density at radius 2 is 2.06 bits per heavy atom. The second-order valence-corrected chi connectivity index (χ2v) is 3.02. The van der Waals surface area contributed by atoms with Crippen LogP contribution in [0.4, 0.5) is 0 Å². The summed E-state index contributed by atoms with van der Waals surface area (Å²) in [4.78, 5) is 3.90. The molecule has 1 heterocycles. The number of nitrogens with zero attached hydrogens (tertiary/aromatic N) is 1. The molecule has 0 aliphatic heterocycles. The van der Waals surface area contributed by atoms with Crippen molar-refractivity contribution in [1.29, 1.82) is 0 Å². The number of aliphatic hydroxyl groups is 1. The topological polar surface area (TPSA) is 64.7 Å². The number of hydrogen-bond donors (Lipinski definition) is 1. The molecule has 0 amide bonds. The van der Waals surface area contributed by atoms with Crippen LogP contribution in [0.25, 0.3) is 0 Å². The normalized spacial score (nSPS) is 10.1. The Bertz CT molecular complexity index is 467. The molecule has 1 aromatic carbocycles. The van der Waals surface area contributed by atoms with Gasteiger partial charge in [-0.1, -0.05) is 12.1 Å². The van der Waals surface area contributed by atoms with Crippen molar-refractivity contribution < 1.29 is 19.0 Å². The van der Waals surface area contributed by atoms with Crippen LogP contribution in [0.5, 0.6) is 17.6 Å². The fourth-order valence-corrected chi connectivity index (χ4v) is 1.21. The number of oxazole rings is 1. The number of aliphatic hydroxyl groups excluding tert-OH is 1. The largest absolute Gasteiger partial charge is 0.493 e. The molecule has 2 rings (SSSR count). The number of methoxy groups -OCH3 is 1. The fraction of sp³-hybridized carbons (Fsp3) is 0.182. The Hall–Kier alpha value is -2.01. The summed E-state index contributed by atoms with van der Waals surface area (Å²) in [6, 6.07) is 7.15. The van der Waals surface area contributed by atoms with Crippen LogP contribution in [-0.4, -0.2) is 17.2 Å². The van der Waals surface area contributed by atoms with E-state index in [1.807, 2.05) is 12.1 Å². The Kier molecular flexibility index (Phi) is 3.07. The van der Waals surface area contributed by atoms with Gasteiger partial charge in [0.15, 0.2) is 11.5 Å². The van der Waals surface area contributed by atoms with E-state index in [0.29, 0.717) is 17.2 Å². The van der Waals surface area contributed by atoms with Crippen LogP contribution in [0.1, 0.15) is 5.69 Å². The summed E-state index contributed by atoms with van der Waals surface area (Å²) in [5, 5.41) is 8.82. The maximum absolute atomic E-state index is 8.82. The predicted molar refractivity (Wildman–Crippen MR) is 55.5 cm³/mol. The number of benzene rings is 1. The number of hydrogen-bond acceptors (Lipinski definition) is 5. The first kappa shape index (κ1) is 10.5. The zero-order chi connectivity index (χ0) is 11.4. The van der Waals surface area contributed by atoms with E-state index in [4.69, 9.17) is 19.0 Å². The van der Waals surface area contributed by atoms with E-state index in [1.165, 1.54) is 6.26 Å². The lowest BCUT2D eigenvalue weighted by atomic mass is 10.3. The first-order chi connectivity index (χ1) is 7.83. The molecule has 0 saturated carbocycles. The van der Waals surface area contributed by atoms with Crippen LogP contribution in [0.2, 0.25) is 0 Å². The summed E-state index contributed by atoms with van der Waals surface area (Å²) in [6.45, 7) is -0.182. The first-order valence-corrected chi connectivity index (χ1v) is 4.69. The average Bonchev–Trinajstić information content (AvgIpc) is 2.77. The molecule has 0 aliphatic rings. The Morgan fingerprint density at radius 3 is 2.69 bits per heavy atom. The van der Waals surface area contributed by atoms with Gasteiger partial charge in [-0.25, -0.2) is 0 Å². The van der Waals surface area contributed by atoms with E-state index in [0.717, 1.165) is 0 Å². The highest BCUT2D eigenvalue weighted by Crippen LogP contribution is 2.30. The van der Waals surface area contributed by atoms with Gasteiger partial charge in [0, 0.05) is 0 Å². The molecule has 0 atom stereocenters. The van der Waals surface area contributed by atoms with Gasteiger partial charge in [-0.3, -0.25) is 0 Å². The van der Waals surface area contributed by atoms with E-state index >= 15 is 0 Å². The molecule has 0 unspecified atom stereocenters. The monoisotopic (exact) mass is 221 g/mol. The van der Waals surface area contributed by atoms with E-state index in [1.54, 1.807) is 19.2 Å². The molecule has 84 valence electrons. The highest BCUT2D eigenvalue weighted by molar-refractivity contribution is 5.40. The smallest absolute Gasteiger partial charge is 0.399 e. The molecule has 0 bridgehead atoms. The van der Waals surface area contributed by atoms with Crippen molar-refractivity contribution in [2.45, 2.75) is 6.61 Å². The lowest BCUT2D eigenvalue weighted by molar-refractivity contribution is 0.276. The molecule has 0 radical (unpaired) electrons. The number of aromatic nitrogens is 1. The minimum absolute atomic E-state index is 0.0774. The summed E-state index contributed by atoms with van der Waals surface area (Å²) < 4.78 is 15.5. The van der Waals surface area contributed by atoms with Crippen LogP contribution in [0.15, 0.2) is 34.9 Å². The number of rotatable bonds is 4. The van der Waals surface area contributed by atoms with Gasteiger partial charge >= 0.3 is 6.08 Å². The first-order valence-electron chi connectivity index (χ1n) is 4.69. The third-order valence-corrected chi connectivity index (χ3v) is 1.96. The van der Waals surface area contributed by atoms with E-state index in [9.17, 15) is 0 Å². The molecule has 2 aromatic rings. The van der Waals surface area contributed by atoms with Crippen LogP contribution in [-0.2, 0) is 6.61 Å². The van der Waals surface area contributed by atoms with Crippen molar-refractivity contribution in [3.05, 3.63) is 36.2 Å². The number of ether oxygens (including phenoxy) is 2. The van der Waals surface area contributed by atoms with E-state index in [-0.39, 0.29) is 12.7 Å². The summed E-state index contributed by atoms with van der Waals surface area (Å²) in [7, 11) is 1.55. The molecule has 0 aliphatic carbocycles. The molecule has 1 N–H and O–H groups in total. The quantitative estimate of drug-likeness (QED) is 0.855. The molecular weight excluding hydrogens is 210 g/mol. The molecule has 0 fully saturated rings. The lowest BCUT2D eigenvalue weighted by Crippen LogP contribution is -1.90. The second kappa shape index (κ2) is 4.67. The standard InChI is InChI=1S/C11H11NO4/c1-14-9-4-2-3-5-10(9)16-11-12-8(6-13)7-15-11/h2-5,7,13H,6H2,1H3. The van der Waals surface area contributed by atoms with Gasteiger partial charge in [0.1, 0.15) is 12.0 Å². The SMILES string of the molecule is COc1ccccc1Oc1nc(CO)co1. The summed E-state index contributed by atoms with van der Waals surface area (Å²) in [5.41, 5.74) is 0.421. The maximum Gasteiger partial charge on any atom is 0.399 e. The van der Waals surface area contributed by atoms with Gasteiger partial charge in [0.05, 0.1) is 13.7 Å². The molecule has 5 nitrogen and oxygen atoms in total. The minimum Gasteiger partial charge on any atom is -0.493 e. The Balaban J connectivity index is 2.19. The molecule has 0 spiro atoms. The van der Waals surface area contributed by atoms with Gasteiger partial charge in [-0.05, 0) is 12.1 Å². The highest BCUT2D eigenvalue weighted by atomic mass is 16.6. The maximum atomic E-state index is 8.82. The van der Waals surface area contributed by atoms with Crippen LogP contribution >= 0.6 is 0 Å². The van der Waals surface area contributed by atoms with Gasteiger partial charge in [0.2, 0.25) is 0 Å². The van der Waals surface area contributed by atoms with Crippen molar-refractivity contribution in [3.8, 4) is 17.6 Å². The second-order valence-electron chi connectivity index (χ2n) is 3.02. The van der Waals surface area contributed by atoms with Gasteiger partial charge in [-0.2, -0.15) is 4.98 Å². The average molecular weight is 221 g/mol. The zero-order valence-electron chi connectivity index (χ0n) is 8.71. The Morgan fingerprint density at radius 1 is 1.31 bits per heavy atom.